The standard InChI is InChI=1S/C19H14BrF4N/c20-10-8-14-11-5-3-6-12(11)17(25-18(14)16(21)9-10)13-4-1-2-7-15(13)19(22,23)24/h1-5,7-9,11-12,17,25H,6H2/t11-,12+,17+/m0/s1. The van der Waals surface area contributed by atoms with Crippen LogP contribution in [0.4, 0.5) is 23.2 Å². The molecule has 3 atom stereocenters. The highest BCUT2D eigenvalue weighted by atomic mass is 79.9. The highest BCUT2D eigenvalue weighted by molar-refractivity contribution is 9.10. The molecule has 0 bridgehead atoms. The van der Waals surface area contributed by atoms with Gasteiger partial charge in [-0.15, -0.1) is 0 Å². The molecule has 130 valence electrons. The van der Waals surface area contributed by atoms with Crippen molar-refractivity contribution in [1.29, 1.82) is 0 Å². The quantitative estimate of drug-likeness (QED) is 0.420. The Labute approximate surface area is 150 Å². The van der Waals surface area contributed by atoms with Crippen LogP contribution in [0.5, 0.6) is 0 Å². The van der Waals surface area contributed by atoms with E-state index >= 15 is 0 Å². The van der Waals surface area contributed by atoms with Gasteiger partial charge in [-0.1, -0.05) is 46.3 Å². The fourth-order valence-electron chi connectivity index (χ4n) is 3.96. The number of benzene rings is 2. The summed E-state index contributed by atoms with van der Waals surface area (Å²) in [7, 11) is 0. The van der Waals surface area contributed by atoms with E-state index in [0.717, 1.165) is 11.6 Å². The lowest BCUT2D eigenvalue weighted by Crippen LogP contribution is -2.31. The molecule has 0 unspecified atom stereocenters. The summed E-state index contributed by atoms with van der Waals surface area (Å²) < 4.78 is 55.5. The Morgan fingerprint density at radius 3 is 2.60 bits per heavy atom. The third-order valence-electron chi connectivity index (χ3n) is 4.99. The zero-order valence-corrected chi connectivity index (χ0v) is 14.5. The van der Waals surface area contributed by atoms with Crippen LogP contribution in [0.15, 0.2) is 53.0 Å². The minimum absolute atomic E-state index is 0.0790. The van der Waals surface area contributed by atoms with Crippen LogP contribution in [-0.4, -0.2) is 0 Å². The smallest absolute Gasteiger partial charge is 0.375 e. The largest absolute Gasteiger partial charge is 0.416 e. The van der Waals surface area contributed by atoms with Crippen molar-refractivity contribution in [3.8, 4) is 0 Å². The summed E-state index contributed by atoms with van der Waals surface area (Å²) in [5.41, 5.74) is 0.574. The maximum Gasteiger partial charge on any atom is 0.416 e. The number of rotatable bonds is 1. The lowest BCUT2D eigenvalue weighted by Gasteiger charge is -2.38. The van der Waals surface area contributed by atoms with E-state index in [9.17, 15) is 17.6 Å². The summed E-state index contributed by atoms with van der Waals surface area (Å²) in [6.07, 6.45) is 0.147. The first-order valence-corrected chi connectivity index (χ1v) is 8.74. The molecule has 0 amide bonds. The predicted octanol–water partition coefficient (Wildman–Crippen LogP) is 6.43. The van der Waals surface area contributed by atoms with E-state index in [1.807, 2.05) is 18.2 Å². The van der Waals surface area contributed by atoms with Gasteiger partial charge < -0.3 is 5.32 Å². The fraction of sp³-hybridized carbons (Fsp3) is 0.263. The molecule has 0 saturated heterocycles. The molecule has 0 spiro atoms. The first kappa shape index (κ1) is 16.6. The molecule has 4 rings (SSSR count). The van der Waals surface area contributed by atoms with Crippen molar-refractivity contribution in [2.75, 3.05) is 5.32 Å². The molecular weight excluding hydrogens is 398 g/mol. The molecule has 0 aromatic heterocycles. The molecule has 0 fully saturated rings. The van der Waals surface area contributed by atoms with Crippen LogP contribution in [0, 0.1) is 11.7 Å². The SMILES string of the molecule is Fc1cc(Br)cc2c1N[C@@H](c1ccccc1C(F)(F)F)[C@@H]1CC=C[C@H]21. The van der Waals surface area contributed by atoms with E-state index in [-0.39, 0.29) is 23.1 Å². The van der Waals surface area contributed by atoms with Crippen LogP contribution < -0.4 is 5.32 Å². The molecule has 1 aliphatic heterocycles. The maximum atomic E-state index is 14.5. The van der Waals surface area contributed by atoms with E-state index in [1.54, 1.807) is 6.07 Å². The Morgan fingerprint density at radius 2 is 1.84 bits per heavy atom. The van der Waals surface area contributed by atoms with E-state index in [0.29, 0.717) is 10.9 Å². The zero-order chi connectivity index (χ0) is 17.8. The van der Waals surface area contributed by atoms with E-state index in [1.165, 1.54) is 18.2 Å². The van der Waals surface area contributed by atoms with Gasteiger partial charge in [-0.2, -0.15) is 13.2 Å². The van der Waals surface area contributed by atoms with Gasteiger partial charge in [-0.3, -0.25) is 0 Å². The summed E-state index contributed by atoms with van der Waals surface area (Å²) >= 11 is 3.30. The average molecular weight is 412 g/mol. The van der Waals surface area contributed by atoms with Crippen LogP contribution in [0.25, 0.3) is 0 Å². The van der Waals surface area contributed by atoms with Gasteiger partial charge in [-0.05, 0) is 41.7 Å². The Kier molecular flexibility index (Phi) is 3.90. The molecule has 1 heterocycles. The monoisotopic (exact) mass is 411 g/mol. The lowest BCUT2D eigenvalue weighted by molar-refractivity contribution is -0.138. The number of nitrogens with one attached hydrogen (secondary N) is 1. The van der Waals surface area contributed by atoms with Gasteiger partial charge in [0.15, 0.2) is 0 Å². The van der Waals surface area contributed by atoms with Crippen LogP contribution in [-0.2, 0) is 6.18 Å². The van der Waals surface area contributed by atoms with Crippen molar-refractivity contribution in [3.63, 3.8) is 0 Å². The fourth-order valence-corrected chi connectivity index (χ4v) is 4.40. The number of hydrogen-bond donors (Lipinski definition) is 1. The Hall–Kier alpha value is -1.82. The van der Waals surface area contributed by atoms with Gasteiger partial charge in [0, 0.05) is 10.4 Å². The summed E-state index contributed by atoms with van der Waals surface area (Å²) in [5, 5.41) is 3.06. The van der Waals surface area contributed by atoms with Gasteiger partial charge in [0.05, 0.1) is 17.3 Å². The molecule has 2 aliphatic rings. The molecule has 1 N–H and O–H groups in total. The van der Waals surface area contributed by atoms with Crippen LogP contribution >= 0.6 is 15.9 Å². The topological polar surface area (TPSA) is 12.0 Å². The van der Waals surface area contributed by atoms with Crippen molar-refractivity contribution in [2.24, 2.45) is 5.92 Å². The second-order valence-corrected chi connectivity index (χ2v) is 7.33. The van der Waals surface area contributed by atoms with Gasteiger partial charge >= 0.3 is 6.18 Å². The van der Waals surface area contributed by atoms with Crippen LogP contribution in [0.1, 0.15) is 35.1 Å². The second kappa shape index (κ2) is 5.87. The summed E-state index contributed by atoms with van der Waals surface area (Å²) in [6.45, 7) is 0. The van der Waals surface area contributed by atoms with Gasteiger partial charge in [-0.25, -0.2) is 4.39 Å². The average Bonchev–Trinajstić information content (AvgIpc) is 3.03. The van der Waals surface area contributed by atoms with Crippen molar-refractivity contribution < 1.29 is 17.6 Å². The highest BCUT2D eigenvalue weighted by Gasteiger charge is 2.43. The predicted molar refractivity (Wildman–Crippen MR) is 91.9 cm³/mol. The third-order valence-corrected chi connectivity index (χ3v) is 5.44. The van der Waals surface area contributed by atoms with Crippen molar-refractivity contribution in [1.82, 2.24) is 0 Å². The zero-order valence-electron chi connectivity index (χ0n) is 12.9. The number of halogens is 5. The van der Waals surface area contributed by atoms with E-state index < -0.39 is 23.6 Å². The third kappa shape index (κ3) is 2.76. The van der Waals surface area contributed by atoms with Gasteiger partial charge in [0.2, 0.25) is 0 Å². The number of alkyl halides is 3. The number of allylic oxidation sites excluding steroid dienone is 2. The van der Waals surface area contributed by atoms with Crippen LogP contribution in [0.2, 0.25) is 0 Å². The summed E-state index contributed by atoms with van der Waals surface area (Å²) in [5.74, 6) is -0.642. The molecule has 1 nitrogen and oxygen atoms in total. The summed E-state index contributed by atoms with van der Waals surface area (Å²) in [6, 6.07) is 8.12. The molecule has 25 heavy (non-hydrogen) atoms. The number of hydrogen-bond acceptors (Lipinski definition) is 1. The Morgan fingerprint density at radius 1 is 1.08 bits per heavy atom. The molecule has 0 radical (unpaired) electrons. The minimum Gasteiger partial charge on any atom is -0.375 e. The molecule has 6 heteroatoms. The maximum absolute atomic E-state index is 14.5. The molecule has 2 aromatic rings. The van der Waals surface area contributed by atoms with Gasteiger partial charge in [0.1, 0.15) is 5.82 Å². The number of fused-ring (bicyclic) bond motifs is 3. The molecule has 1 aliphatic carbocycles. The minimum atomic E-state index is -4.45. The van der Waals surface area contributed by atoms with Crippen molar-refractivity contribution >= 4 is 21.6 Å². The second-order valence-electron chi connectivity index (χ2n) is 6.41. The number of anilines is 1. The summed E-state index contributed by atoms with van der Waals surface area (Å²) in [4.78, 5) is 0. The Bertz CT molecular complexity index is 859. The highest BCUT2D eigenvalue weighted by Crippen LogP contribution is 2.52. The molecule has 2 aromatic carbocycles. The Balaban J connectivity index is 1.86. The van der Waals surface area contributed by atoms with Crippen LogP contribution in [0.3, 0.4) is 0 Å². The molecular formula is C19H14BrF4N. The lowest BCUT2D eigenvalue weighted by atomic mass is 9.76. The van der Waals surface area contributed by atoms with Crippen molar-refractivity contribution in [3.05, 3.63) is 75.5 Å². The van der Waals surface area contributed by atoms with Crippen molar-refractivity contribution in [2.45, 2.75) is 24.6 Å². The first-order chi connectivity index (χ1) is 11.9. The molecule has 0 saturated carbocycles. The first-order valence-electron chi connectivity index (χ1n) is 7.94. The van der Waals surface area contributed by atoms with E-state index in [4.69, 9.17) is 0 Å². The van der Waals surface area contributed by atoms with Gasteiger partial charge in [0.25, 0.3) is 0 Å². The van der Waals surface area contributed by atoms with E-state index in [2.05, 4.69) is 21.2 Å². The normalized spacial score (nSPS) is 24.6.